The van der Waals surface area contributed by atoms with Gasteiger partial charge in [0.2, 0.25) is 5.91 Å². The van der Waals surface area contributed by atoms with Crippen molar-refractivity contribution in [2.24, 2.45) is 5.73 Å². The number of aromatic nitrogens is 1. The number of hydrogen-bond donors (Lipinski definition) is 1. The summed E-state index contributed by atoms with van der Waals surface area (Å²) in [7, 11) is 0. The molecule has 0 spiro atoms. The van der Waals surface area contributed by atoms with Crippen LogP contribution in [0.15, 0.2) is 24.5 Å². The molecule has 76 valence electrons. The number of carbonyl (C=O) groups excluding carboxylic acids is 1. The van der Waals surface area contributed by atoms with E-state index in [4.69, 9.17) is 5.73 Å². The third kappa shape index (κ3) is 2.76. The van der Waals surface area contributed by atoms with Gasteiger partial charge in [-0.25, -0.2) is 0 Å². The molecule has 0 aliphatic rings. The fourth-order valence-corrected chi connectivity index (χ4v) is 1.11. The third-order valence-corrected chi connectivity index (χ3v) is 1.93. The molecule has 0 radical (unpaired) electrons. The van der Waals surface area contributed by atoms with Crippen LogP contribution in [0, 0.1) is 0 Å². The molecular formula is C11H16N2O. The number of hydrogen-bond acceptors (Lipinski definition) is 1. The van der Waals surface area contributed by atoms with Gasteiger partial charge in [0.15, 0.2) is 0 Å². The van der Waals surface area contributed by atoms with Crippen LogP contribution < -0.4 is 5.73 Å². The number of nitrogens with zero attached hydrogens (tertiary/aromatic N) is 1. The van der Waals surface area contributed by atoms with E-state index in [0.717, 1.165) is 5.56 Å². The zero-order valence-electron chi connectivity index (χ0n) is 8.82. The fourth-order valence-electron chi connectivity index (χ4n) is 1.11. The first-order valence-electron chi connectivity index (χ1n) is 4.55. The summed E-state index contributed by atoms with van der Waals surface area (Å²) < 4.78 is 2.09. The van der Waals surface area contributed by atoms with E-state index in [1.54, 1.807) is 6.08 Å². The van der Waals surface area contributed by atoms with Gasteiger partial charge in [0.05, 0.1) is 0 Å². The molecule has 1 amide bonds. The summed E-state index contributed by atoms with van der Waals surface area (Å²) in [6, 6.07) is 1.95. The van der Waals surface area contributed by atoms with Crippen LogP contribution in [-0.4, -0.2) is 10.5 Å². The molecule has 0 aromatic carbocycles. The van der Waals surface area contributed by atoms with Gasteiger partial charge in [0, 0.05) is 24.0 Å². The van der Waals surface area contributed by atoms with Gasteiger partial charge in [0.1, 0.15) is 0 Å². The summed E-state index contributed by atoms with van der Waals surface area (Å²) in [4.78, 5) is 10.5. The summed E-state index contributed by atoms with van der Waals surface area (Å²) in [5.41, 5.74) is 6.05. The second-order valence-electron chi connectivity index (χ2n) is 4.26. The van der Waals surface area contributed by atoms with Crippen LogP contribution in [0.1, 0.15) is 26.3 Å². The van der Waals surface area contributed by atoms with Gasteiger partial charge in [-0.3, -0.25) is 4.79 Å². The Morgan fingerprint density at radius 2 is 2.14 bits per heavy atom. The minimum Gasteiger partial charge on any atom is -0.366 e. The fraction of sp³-hybridized carbons (Fsp3) is 0.364. The molecule has 0 aliphatic carbocycles. The van der Waals surface area contributed by atoms with Crippen LogP contribution in [0.5, 0.6) is 0 Å². The molecule has 2 N–H and O–H groups in total. The highest BCUT2D eigenvalue weighted by atomic mass is 16.1. The van der Waals surface area contributed by atoms with Crippen molar-refractivity contribution in [3.8, 4) is 0 Å². The van der Waals surface area contributed by atoms with Gasteiger partial charge in [-0.05, 0) is 38.5 Å². The summed E-state index contributed by atoms with van der Waals surface area (Å²) in [5.74, 6) is -0.423. The zero-order valence-corrected chi connectivity index (χ0v) is 8.82. The molecule has 0 unspecified atom stereocenters. The predicted octanol–water partition coefficient (Wildman–Crippen LogP) is 1.74. The Bertz CT molecular complexity index is 356. The summed E-state index contributed by atoms with van der Waals surface area (Å²) in [6.45, 7) is 6.36. The van der Waals surface area contributed by atoms with Gasteiger partial charge < -0.3 is 10.3 Å². The van der Waals surface area contributed by atoms with E-state index in [1.807, 2.05) is 18.5 Å². The van der Waals surface area contributed by atoms with Crippen molar-refractivity contribution in [1.82, 2.24) is 4.57 Å². The summed E-state index contributed by atoms with van der Waals surface area (Å²) in [5, 5.41) is 0. The minimum absolute atomic E-state index is 0.0683. The highest BCUT2D eigenvalue weighted by Crippen LogP contribution is 2.16. The predicted molar refractivity (Wildman–Crippen MR) is 57.7 cm³/mol. The SMILES string of the molecule is CC(C)(C)n1ccc(/C=C\C(N)=O)c1. The molecule has 3 heteroatoms. The van der Waals surface area contributed by atoms with Crippen LogP contribution in [0.25, 0.3) is 6.08 Å². The second kappa shape index (κ2) is 3.70. The Labute approximate surface area is 84.2 Å². The third-order valence-electron chi connectivity index (χ3n) is 1.93. The maximum atomic E-state index is 10.5. The number of nitrogens with two attached hydrogens (primary N) is 1. The van der Waals surface area contributed by atoms with Gasteiger partial charge in [0.25, 0.3) is 0 Å². The lowest BCUT2D eigenvalue weighted by atomic mass is 10.1. The normalized spacial score (nSPS) is 12.2. The Kier molecular flexibility index (Phi) is 2.79. The van der Waals surface area contributed by atoms with E-state index >= 15 is 0 Å². The average Bonchev–Trinajstić information content (AvgIpc) is 2.47. The first-order chi connectivity index (χ1) is 6.39. The van der Waals surface area contributed by atoms with E-state index in [9.17, 15) is 4.79 Å². The van der Waals surface area contributed by atoms with Gasteiger partial charge >= 0.3 is 0 Å². The monoisotopic (exact) mass is 192 g/mol. The zero-order chi connectivity index (χ0) is 10.8. The molecule has 0 atom stereocenters. The van der Waals surface area contributed by atoms with Gasteiger partial charge in [-0.2, -0.15) is 0 Å². The average molecular weight is 192 g/mol. The van der Waals surface area contributed by atoms with Crippen LogP contribution >= 0.6 is 0 Å². The number of primary amides is 1. The molecule has 1 aromatic rings. The minimum atomic E-state index is -0.423. The van der Waals surface area contributed by atoms with Crippen molar-refractivity contribution < 1.29 is 4.79 Å². The van der Waals surface area contributed by atoms with Crippen LogP contribution in [0.3, 0.4) is 0 Å². The van der Waals surface area contributed by atoms with Crippen molar-refractivity contribution in [3.63, 3.8) is 0 Å². The quantitative estimate of drug-likeness (QED) is 0.713. The molecule has 0 aliphatic heterocycles. The smallest absolute Gasteiger partial charge is 0.241 e. The van der Waals surface area contributed by atoms with Crippen molar-refractivity contribution in [2.45, 2.75) is 26.3 Å². The molecule has 3 nitrogen and oxygen atoms in total. The molecule has 14 heavy (non-hydrogen) atoms. The maximum Gasteiger partial charge on any atom is 0.241 e. The highest BCUT2D eigenvalue weighted by molar-refractivity contribution is 5.90. The molecule has 0 fully saturated rings. The maximum absolute atomic E-state index is 10.5. The van der Waals surface area contributed by atoms with Crippen molar-refractivity contribution >= 4 is 12.0 Å². The largest absolute Gasteiger partial charge is 0.366 e. The second-order valence-corrected chi connectivity index (χ2v) is 4.26. The molecule has 1 heterocycles. The molecule has 1 rings (SSSR count). The van der Waals surface area contributed by atoms with Crippen molar-refractivity contribution in [3.05, 3.63) is 30.1 Å². The highest BCUT2D eigenvalue weighted by Gasteiger charge is 2.11. The van der Waals surface area contributed by atoms with Crippen molar-refractivity contribution in [1.29, 1.82) is 0 Å². The first kappa shape index (κ1) is 10.6. The molecule has 0 bridgehead atoms. The van der Waals surface area contributed by atoms with E-state index in [1.165, 1.54) is 6.08 Å². The number of rotatable bonds is 2. The lowest BCUT2D eigenvalue weighted by Crippen LogP contribution is -2.19. The molecule has 0 saturated carbocycles. The Hall–Kier alpha value is -1.51. The summed E-state index contributed by atoms with van der Waals surface area (Å²) >= 11 is 0. The van der Waals surface area contributed by atoms with Crippen LogP contribution in [0.4, 0.5) is 0 Å². The van der Waals surface area contributed by atoms with E-state index < -0.39 is 5.91 Å². The molecule has 0 saturated heterocycles. The Morgan fingerprint density at radius 1 is 1.50 bits per heavy atom. The van der Waals surface area contributed by atoms with Crippen LogP contribution in [-0.2, 0) is 10.3 Å². The standard InChI is InChI=1S/C11H16N2O/c1-11(2,3)13-7-6-9(8-13)4-5-10(12)14/h4-8H,1-3H3,(H2,12,14)/b5-4-. The van der Waals surface area contributed by atoms with E-state index in [0.29, 0.717) is 0 Å². The van der Waals surface area contributed by atoms with Gasteiger partial charge in [-0.1, -0.05) is 0 Å². The van der Waals surface area contributed by atoms with Crippen molar-refractivity contribution in [2.75, 3.05) is 0 Å². The topological polar surface area (TPSA) is 48.0 Å². The lowest BCUT2D eigenvalue weighted by molar-refractivity contribution is -0.113. The van der Waals surface area contributed by atoms with Crippen LogP contribution in [0.2, 0.25) is 0 Å². The Balaban J connectivity index is 2.84. The lowest BCUT2D eigenvalue weighted by Gasteiger charge is -2.20. The molecule has 1 aromatic heterocycles. The first-order valence-corrected chi connectivity index (χ1v) is 4.55. The molecular weight excluding hydrogens is 176 g/mol. The Morgan fingerprint density at radius 3 is 2.57 bits per heavy atom. The summed E-state index contributed by atoms with van der Waals surface area (Å²) in [6.07, 6.45) is 7.05. The number of carbonyl (C=O) groups is 1. The van der Waals surface area contributed by atoms with E-state index in [2.05, 4.69) is 25.3 Å². The van der Waals surface area contributed by atoms with E-state index in [-0.39, 0.29) is 5.54 Å². The van der Waals surface area contributed by atoms with Gasteiger partial charge in [-0.15, -0.1) is 0 Å². The number of amides is 1.